The first-order valence-corrected chi connectivity index (χ1v) is 7.33. The molecular weight excluding hydrogens is 244 g/mol. The van der Waals surface area contributed by atoms with Gasteiger partial charge < -0.3 is 10.2 Å². The Labute approximate surface area is 116 Å². The zero-order valence-corrected chi connectivity index (χ0v) is 12.2. The molecule has 0 aliphatic rings. The molecule has 0 rings (SSSR count). The fourth-order valence-corrected chi connectivity index (χ4v) is 2.23. The summed E-state index contributed by atoms with van der Waals surface area (Å²) < 4.78 is 0. The minimum atomic E-state index is -0.736. The van der Waals surface area contributed by atoms with Gasteiger partial charge in [0.25, 0.3) is 0 Å². The van der Waals surface area contributed by atoms with Crippen molar-refractivity contribution in [3.8, 4) is 0 Å². The quantitative estimate of drug-likeness (QED) is 0.535. The van der Waals surface area contributed by atoms with Crippen molar-refractivity contribution in [3.05, 3.63) is 0 Å². The molecule has 4 nitrogen and oxygen atoms in total. The molecule has 0 amide bonds. The van der Waals surface area contributed by atoms with Crippen molar-refractivity contribution in [2.75, 3.05) is 0 Å². The second kappa shape index (κ2) is 11.0. The van der Waals surface area contributed by atoms with Crippen LogP contribution < -0.4 is 0 Å². The van der Waals surface area contributed by atoms with Crippen LogP contribution >= 0.6 is 0 Å². The summed E-state index contributed by atoms with van der Waals surface area (Å²) in [5, 5.41) is 17.7. The van der Waals surface area contributed by atoms with Crippen LogP contribution in [0.5, 0.6) is 0 Å². The van der Waals surface area contributed by atoms with Crippen LogP contribution in [0.2, 0.25) is 0 Å². The van der Waals surface area contributed by atoms with Crippen molar-refractivity contribution in [1.82, 2.24) is 0 Å². The standard InChI is InChI=1S/C15H28O4/c1-12(16)8-7-10-14(13(2)17)9-5-3-4-6-11-15(18)19/h12,14,16H,3-11H2,1-2H3,(H,18,19)/t12-,14-/m0/s1. The SMILES string of the molecule is CC(=O)[C@@H](CCCCCCC(=O)O)CCC[C@H](C)O. The second-order valence-electron chi connectivity index (χ2n) is 5.43. The summed E-state index contributed by atoms with van der Waals surface area (Å²) >= 11 is 0. The highest BCUT2D eigenvalue weighted by Crippen LogP contribution is 2.19. The van der Waals surface area contributed by atoms with Gasteiger partial charge >= 0.3 is 5.97 Å². The number of carbonyl (C=O) groups excluding carboxylic acids is 1. The lowest BCUT2D eigenvalue weighted by atomic mass is 9.91. The van der Waals surface area contributed by atoms with Gasteiger partial charge in [0, 0.05) is 12.3 Å². The third-order valence-corrected chi connectivity index (χ3v) is 3.44. The summed E-state index contributed by atoms with van der Waals surface area (Å²) in [5.74, 6) is -0.394. The van der Waals surface area contributed by atoms with Gasteiger partial charge in [-0.1, -0.05) is 25.7 Å². The third-order valence-electron chi connectivity index (χ3n) is 3.44. The lowest BCUT2D eigenvalue weighted by molar-refractivity contribution is -0.137. The van der Waals surface area contributed by atoms with Gasteiger partial charge in [0.2, 0.25) is 0 Å². The Balaban J connectivity index is 3.65. The Morgan fingerprint density at radius 2 is 1.53 bits per heavy atom. The van der Waals surface area contributed by atoms with E-state index in [4.69, 9.17) is 5.11 Å². The average Bonchev–Trinajstić information content (AvgIpc) is 2.29. The number of Topliss-reactive ketones (excluding diaryl/α,β-unsaturated/α-hetero) is 1. The highest BCUT2D eigenvalue weighted by Gasteiger charge is 2.13. The molecule has 0 fully saturated rings. The lowest BCUT2D eigenvalue weighted by Crippen LogP contribution is -2.12. The molecule has 0 aliphatic carbocycles. The van der Waals surface area contributed by atoms with Gasteiger partial charge in [-0.05, 0) is 39.5 Å². The Kier molecular flexibility index (Phi) is 10.5. The molecule has 0 saturated carbocycles. The number of hydrogen-bond donors (Lipinski definition) is 2. The normalized spacial score (nSPS) is 14.1. The van der Waals surface area contributed by atoms with Crippen molar-refractivity contribution in [2.45, 2.75) is 77.7 Å². The maximum atomic E-state index is 11.5. The van der Waals surface area contributed by atoms with Crippen LogP contribution in [0, 0.1) is 5.92 Å². The van der Waals surface area contributed by atoms with Crippen LogP contribution in [0.25, 0.3) is 0 Å². The van der Waals surface area contributed by atoms with Gasteiger partial charge in [0.05, 0.1) is 6.10 Å². The van der Waals surface area contributed by atoms with Crippen molar-refractivity contribution in [2.24, 2.45) is 5.92 Å². The first-order valence-electron chi connectivity index (χ1n) is 7.33. The molecule has 0 saturated heterocycles. The second-order valence-corrected chi connectivity index (χ2v) is 5.43. The Hall–Kier alpha value is -0.900. The fraction of sp³-hybridized carbons (Fsp3) is 0.867. The van der Waals surface area contributed by atoms with E-state index in [0.29, 0.717) is 0 Å². The summed E-state index contributed by atoms with van der Waals surface area (Å²) in [6, 6.07) is 0. The molecule has 0 unspecified atom stereocenters. The largest absolute Gasteiger partial charge is 0.481 e. The van der Waals surface area contributed by atoms with Gasteiger partial charge in [-0.25, -0.2) is 0 Å². The summed E-state index contributed by atoms with van der Waals surface area (Å²) in [6.07, 6.45) is 6.97. The van der Waals surface area contributed by atoms with E-state index in [1.54, 1.807) is 13.8 Å². The highest BCUT2D eigenvalue weighted by molar-refractivity contribution is 5.78. The monoisotopic (exact) mass is 272 g/mol. The molecule has 4 heteroatoms. The molecule has 0 radical (unpaired) electrons. The van der Waals surface area contributed by atoms with E-state index >= 15 is 0 Å². The number of carboxylic acids is 1. The van der Waals surface area contributed by atoms with E-state index in [1.807, 2.05) is 0 Å². The Morgan fingerprint density at radius 3 is 2.05 bits per heavy atom. The van der Waals surface area contributed by atoms with Gasteiger partial charge in [-0.2, -0.15) is 0 Å². The molecule has 2 atom stereocenters. The zero-order valence-electron chi connectivity index (χ0n) is 12.2. The van der Waals surface area contributed by atoms with E-state index < -0.39 is 5.97 Å². The molecule has 2 N–H and O–H groups in total. The van der Waals surface area contributed by atoms with Crippen LogP contribution in [0.3, 0.4) is 0 Å². The number of aliphatic hydroxyl groups excluding tert-OH is 1. The van der Waals surface area contributed by atoms with Crippen LogP contribution in [0.1, 0.15) is 71.6 Å². The van der Waals surface area contributed by atoms with Crippen LogP contribution in [-0.4, -0.2) is 28.1 Å². The van der Waals surface area contributed by atoms with Crippen LogP contribution in [0.4, 0.5) is 0 Å². The number of aliphatic hydroxyl groups is 1. The third kappa shape index (κ3) is 11.9. The summed E-state index contributed by atoms with van der Waals surface area (Å²) in [5.41, 5.74) is 0. The minimum absolute atomic E-state index is 0.109. The number of unbranched alkanes of at least 4 members (excludes halogenated alkanes) is 3. The molecule has 112 valence electrons. The highest BCUT2D eigenvalue weighted by atomic mass is 16.4. The molecule has 0 bridgehead atoms. The van der Waals surface area contributed by atoms with Crippen molar-refractivity contribution < 1.29 is 19.8 Å². The predicted octanol–water partition coefficient (Wildman–Crippen LogP) is 3.17. The predicted molar refractivity (Wildman–Crippen MR) is 75.0 cm³/mol. The molecule has 0 aromatic rings. The van der Waals surface area contributed by atoms with E-state index in [1.165, 1.54) is 0 Å². The average molecular weight is 272 g/mol. The fourth-order valence-electron chi connectivity index (χ4n) is 2.23. The Morgan fingerprint density at radius 1 is 0.947 bits per heavy atom. The molecule has 0 aliphatic heterocycles. The zero-order chi connectivity index (χ0) is 14.7. The molecule has 0 aromatic carbocycles. The lowest BCUT2D eigenvalue weighted by Gasteiger charge is -2.14. The smallest absolute Gasteiger partial charge is 0.303 e. The van der Waals surface area contributed by atoms with Gasteiger partial charge in [-0.15, -0.1) is 0 Å². The number of carboxylic acid groups (broad SMARTS) is 1. The Bertz CT molecular complexity index is 261. The minimum Gasteiger partial charge on any atom is -0.481 e. The molecule has 19 heavy (non-hydrogen) atoms. The molecule has 0 spiro atoms. The molecule has 0 aromatic heterocycles. The van der Waals surface area contributed by atoms with E-state index in [-0.39, 0.29) is 24.2 Å². The first kappa shape index (κ1) is 18.1. The van der Waals surface area contributed by atoms with E-state index in [2.05, 4.69) is 0 Å². The van der Waals surface area contributed by atoms with Crippen molar-refractivity contribution in [3.63, 3.8) is 0 Å². The summed E-state index contributed by atoms with van der Waals surface area (Å²) in [4.78, 5) is 21.8. The van der Waals surface area contributed by atoms with Crippen LogP contribution in [-0.2, 0) is 9.59 Å². The van der Waals surface area contributed by atoms with Gasteiger partial charge in [0.1, 0.15) is 5.78 Å². The number of hydrogen-bond acceptors (Lipinski definition) is 3. The summed E-state index contributed by atoms with van der Waals surface area (Å²) in [6.45, 7) is 3.41. The first-order chi connectivity index (χ1) is 8.93. The number of rotatable bonds is 12. The maximum Gasteiger partial charge on any atom is 0.303 e. The number of ketones is 1. The molecule has 0 heterocycles. The van der Waals surface area contributed by atoms with Crippen molar-refractivity contribution >= 4 is 11.8 Å². The summed E-state index contributed by atoms with van der Waals surface area (Å²) in [7, 11) is 0. The van der Waals surface area contributed by atoms with E-state index in [9.17, 15) is 14.7 Å². The van der Waals surface area contributed by atoms with Gasteiger partial charge in [0.15, 0.2) is 0 Å². The van der Waals surface area contributed by atoms with Crippen molar-refractivity contribution in [1.29, 1.82) is 0 Å². The number of carbonyl (C=O) groups is 2. The topological polar surface area (TPSA) is 74.6 Å². The van der Waals surface area contributed by atoms with Gasteiger partial charge in [-0.3, -0.25) is 9.59 Å². The number of aliphatic carboxylic acids is 1. The van der Waals surface area contributed by atoms with Crippen LogP contribution in [0.15, 0.2) is 0 Å². The maximum absolute atomic E-state index is 11.5. The van der Waals surface area contributed by atoms with E-state index in [0.717, 1.165) is 51.4 Å². The molecular formula is C15H28O4.